The summed E-state index contributed by atoms with van der Waals surface area (Å²) >= 11 is 0. The second-order valence-electron chi connectivity index (χ2n) is 3.14. The Hall–Kier alpha value is -2.89. The van der Waals surface area contributed by atoms with Crippen LogP contribution in [0.3, 0.4) is 0 Å². The third kappa shape index (κ3) is 11.4. The van der Waals surface area contributed by atoms with Crippen molar-refractivity contribution in [3.63, 3.8) is 0 Å². The van der Waals surface area contributed by atoms with E-state index in [-0.39, 0.29) is 11.5 Å². The molecule has 0 aliphatic rings. The maximum atomic E-state index is 8.65. The van der Waals surface area contributed by atoms with Crippen LogP contribution in [0.25, 0.3) is 0 Å². The SMILES string of the molecule is O=C(O)O.Oc1cccc(O)c1.Oc1ccccc1. The molecule has 6 heteroatoms. The number of rotatable bonds is 0. The Labute approximate surface area is 109 Å². The molecule has 2 aromatic carbocycles. The Morgan fingerprint density at radius 2 is 1.05 bits per heavy atom. The number of para-hydroxylation sites is 1. The molecule has 0 aromatic heterocycles. The van der Waals surface area contributed by atoms with Gasteiger partial charge in [-0.3, -0.25) is 0 Å². The molecule has 0 radical (unpaired) electrons. The van der Waals surface area contributed by atoms with Gasteiger partial charge in [-0.1, -0.05) is 24.3 Å². The van der Waals surface area contributed by atoms with Gasteiger partial charge in [0.25, 0.3) is 0 Å². The second kappa shape index (κ2) is 9.17. The van der Waals surface area contributed by atoms with E-state index in [1.54, 1.807) is 30.3 Å². The van der Waals surface area contributed by atoms with Gasteiger partial charge < -0.3 is 25.5 Å². The van der Waals surface area contributed by atoms with Crippen LogP contribution in [0.4, 0.5) is 4.79 Å². The van der Waals surface area contributed by atoms with Crippen LogP contribution in [0.1, 0.15) is 0 Å². The van der Waals surface area contributed by atoms with Crippen LogP contribution in [-0.2, 0) is 0 Å². The number of hydrogen-bond donors (Lipinski definition) is 5. The Bertz CT molecular complexity index is 462. The average Bonchev–Trinajstić information content (AvgIpc) is 2.29. The number of benzene rings is 2. The van der Waals surface area contributed by atoms with Crippen LogP contribution >= 0.6 is 0 Å². The molecule has 2 rings (SSSR count). The largest absolute Gasteiger partial charge is 0.508 e. The Morgan fingerprint density at radius 3 is 1.26 bits per heavy atom. The minimum Gasteiger partial charge on any atom is -0.508 e. The van der Waals surface area contributed by atoms with E-state index in [4.69, 9.17) is 30.3 Å². The first-order chi connectivity index (χ1) is 8.91. The van der Waals surface area contributed by atoms with E-state index in [2.05, 4.69) is 0 Å². The van der Waals surface area contributed by atoms with Gasteiger partial charge in [-0.2, -0.15) is 0 Å². The lowest BCUT2D eigenvalue weighted by atomic mass is 10.3. The molecular weight excluding hydrogens is 252 g/mol. The van der Waals surface area contributed by atoms with Crippen LogP contribution in [-0.4, -0.2) is 31.7 Å². The highest BCUT2D eigenvalue weighted by atomic mass is 16.6. The first kappa shape index (κ1) is 16.1. The lowest BCUT2D eigenvalue weighted by Gasteiger charge is -1.89. The summed E-state index contributed by atoms with van der Waals surface area (Å²) in [6.07, 6.45) is -1.83. The van der Waals surface area contributed by atoms with Gasteiger partial charge in [-0.05, 0) is 24.3 Å². The van der Waals surface area contributed by atoms with Crippen molar-refractivity contribution in [2.75, 3.05) is 0 Å². The quantitative estimate of drug-likeness (QED) is 0.500. The van der Waals surface area contributed by atoms with E-state index in [9.17, 15) is 0 Å². The van der Waals surface area contributed by atoms with E-state index < -0.39 is 6.16 Å². The molecule has 0 heterocycles. The van der Waals surface area contributed by atoms with Crippen LogP contribution in [0, 0.1) is 0 Å². The predicted molar refractivity (Wildman–Crippen MR) is 68.5 cm³/mol. The van der Waals surface area contributed by atoms with Crippen molar-refractivity contribution >= 4 is 6.16 Å². The maximum absolute atomic E-state index is 8.65. The molecule has 0 aliphatic heterocycles. The molecule has 0 spiro atoms. The number of aromatic hydroxyl groups is 3. The van der Waals surface area contributed by atoms with Gasteiger partial charge in [-0.15, -0.1) is 0 Å². The molecule has 0 bridgehead atoms. The van der Waals surface area contributed by atoms with Crippen LogP contribution in [0.15, 0.2) is 54.6 Å². The molecular formula is C13H14O6. The molecule has 0 amide bonds. The van der Waals surface area contributed by atoms with E-state index >= 15 is 0 Å². The first-order valence-electron chi connectivity index (χ1n) is 5.05. The van der Waals surface area contributed by atoms with Crippen molar-refractivity contribution in [1.29, 1.82) is 0 Å². The molecule has 0 saturated carbocycles. The Balaban J connectivity index is 0.000000272. The van der Waals surface area contributed by atoms with E-state index in [0.717, 1.165) is 0 Å². The topological polar surface area (TPSA) is 118 Å². The van der Waals surface area contributed by atoms with Crippen molar-refractivity contribution in [3.8, 4) is 17.2 Å². The number of hydrogen-bond acceptors (Lipinski definition) is 4. The van der Waals surface area contributed by atoms with Gasteiger partial charge in [0.1, 0.15) is 17.2 Å². The summed E-state index contributed by atoms with van der Waals surface area (Å²) in [5.41, 5.74) is 0. The smallest absolute Gasteiger partial charge is 0.503 e. The Morgan fingerprint density at radius 1 is 0.684 bits per heavy atom. The zero-order valence-electron chi connectivity index (χ0n) is 9.84. The fourth-order valence-electron chi connectivity index (χ4n) is 0.921. The molecule has 0 saturated heterocycles. The second-order valence-corrected chi connectivity index (χ2v) is 3.14. The van der Waals surface area contributed by atoms with Gasteiger partial charge in [0.2, 0.25) is 0 Å². The van der Waals surface area contributed by atoms with Crippen molar-refractivity contribution < 1.29 is 30.3 Å². The molecule has 0 aliphatic carbocycles. The van der Waals surface area contributed by atoms with E-state index in [0.29, 0.717) is 5.75 Å². The van der Waals surface area contributed by atoms with Crippen LogP contribution in [0.2, 0.25) is 0 Å². The fraction of sp³-hybridized carbons (Fsp3) is 0. The highest BCUT2D eigenvalue weighted by molar-refractivity contribution is 5.53. The van der Waals surface area contributed by atoms with Crippen molar-refractivity contribution in [3.05, 3.63) is 54.6 Å². The molecule has 0 unspecified atom stereocenters. The number of phenols is 3. The van der Waals surface area contributed by atoms with E-state index in [1.165, 1.54) is 18.2 Å². The zero-order valence-corrected chi connectivity index (χ0v) is 9.84. The molecule has 5 N–H and O–H groups in total. The van der Waals surface area contributed by atoms with E-state index in [1.807, 2.05) is 6.07 Å². The van der Waals surface area contributed by atoms with Gasteiger partial charge in [0, 0.05) is 6.07 Å². The average molecular weight is 266 g/mol. The highest BCUT2D eigenvalue weighted by Gasteiger charge is 1.85. The zero-order chi connectivity index (χ0) is 14.7. The number of carboxylic acid groups (broad SMARTS) is 2. The minimum absolute atomic E-state index is 0.0880. The van der Waals surface area contributed by atoms with Crippen LogP contribution in [0.5, 0.6) is 17.2 Å². The van der Waals surface area contributed by atoms with Crippen molar-refractivity contribution in [2.45, 2.75) is 0 Å². The molecule has 0 atom stereocenters. The molecule has 0 fully saturated rings. The first-order valence-corrected chi connectivity index (χ1v) is 5.05. The molecule has 2 aromatic rings. The predicted octanol–water partition coefficient (Wildman–Crippen LogP) is 2.71. The summed E-state index contributed by atoms with van der Waals surface area (Å²) in [6.45, 7) is 0. The summed E-state index contributed by atoms with van der Waals surface area (Å²) in [7, 11) is 0. The van der Waals surface area contributed by atoms with Gasteiger partial charge >= 0.3 is 6.16 Å². The number of phenolic OH excluding ortho intramolecular Hbond substituents is 3. The third-order valence-electron chi connectivity index (χ3n) is 1.59. The van der Waals surface area contributed by atoms with Crippen molar-refractivity contribution in [1.82, 2.24) is 0 Å². The molecule has 102 valence electrons. The summed E-state index contributed by atoms with van der Waals surface area (Å²) in [4.78, 5) is 8.56. The molecule has 6 nitrogen and oxygen atoms in total. The summed E-state index contributed by atoms with van der Waals surface area (Å²) in [5.74, 6) is 0.498. The summed E-state index contributed by atoms with van der Waals surface area (Å²) < 4.78 is 0. The van der Waals surface area contributed by atoms with Crippen LogP contribution < -0.4 is 0 Å². The highest BCUT2D eigenvalue weighted by Crippen LogP contribution is 2.14. The van der Waals surface area contributed by atoms with Gasteiger partial charge in [0.15, 0.2) is 0 Å². The summed E-state index contributed by atoms with van der Waals surface area (Å²) in [6, 6.07) is 14.6. The van der Waals surface area contributed by atoms with Gasteiger partial charge in [-0.25, -0.2) is 4.79 Å². The Kier molecular flexibility index (Phi) is 7.78. The molecule has 19 heavy (non-hydrogen) atoms. The van der Waals surface area contributed by atoms with Gasteiger partial charge in [0.05, 0.1) is 0 Å². The standard InChI is InChI=1S/C6H6O2.C6H6O.CH2O3/c7-5-2-1-3-6(8)4-5;7-6-4-2-1-3-5-6;2-1(3)4/h1-4,7-8H;1-5,7H;(H2,2,3,4). The lowest BCUT2D eigenvalue weighted by Crippen LogP contribution is -1.81. The third-order valence-corrected chi connectivity index (χ3v) is 1.59. The number of carbonyl (C=O) groups is 1. The lowest BCUT2D eigenvalue weighted by molar-refractivity contribution is 0.137. The van der Waals surface area contributed by atoms with Crippen molar-refractivity contribution in [2.24, 2.45) is 0 Å². The minimum atomic E-state index is -1.83. The maximum Gasteiger partial charge on any atom is 0.503 e. The monoisotopic (exact) mass is 266 g/mol. The fourth-order valence-corrected chi connectivity index (χ4v) is 0.921. The summed E-state index contributed by atoms with van der Waals surface area (Å²) in [5, 5.41) is 39.9. The normalized spacial score (nSPS) is 8.21.